The highest BCUT2D eigenvalue weighted by Crippen LogP contribution is 2.32. The Morgan fingerprint density at radius 2 is 1.81 bits per heavy atom. The molecule has 0 saturated carbocycles. The van der Waals surface area contributed by atoms with E-state index >= 15 is 0 Å². The van der Waals surface area contributed by atoms with E-state index in [9.17, 15) is 9.59 Å². The SMILES string of the molecule is CC(C)CC(NC(=O)Cc1ccc2[nH]cc(CCC(=O)O)c2c1)c1ccccc1N1CCCCCC1. The zero-order valence-electron chi connectivity index (χ0n) is 21.6. The molecule has 3 aromatic rings. The van der Waals surface area contributed by atoms with Crippen LogP contribution in [0.5, 0.6) is 0 Å². The molecular weight excluding hydrogens is 450 g/mol. The van der Waals surface area contributed by atoms with Crippen LogP contribution >= 0.6 is 0 Å². The lowest BCUT2D eigenvalue weighted by Gasteiger charge is -2.30. The van der Waals surface area contributed by atoms with E-state index in [1.54, 1.807) is 0 Å². The fourth-order valence-corrected chi connectivity index (χ4v) is 5.33. The zero-order chi connectivity index (χ0) is 25.5. The van der Waals surface area contributed by atoms with Gasteiger partial charge < -0.3 is 20.3 Å². The molecule has 192 valence electrons. The highest BCUT2D eigenvalue weighted by molar-refractivity contribution is 5.86. The fourth-order valence-electron chi connectivity index (χ4n) is 5.33. The van der Waals surface area contributed by atoms with E-state index < -0.39 is 5.97 Å². The maximum Gasteiger partial charge on any atom is 0.303 e. The number of hydrogen-bond donors (Lipinski definition) is 3. The molecule has 3 N–H and O–H groups in total. The van der Waals surface area contributed by atoms with Crippen LogP contribution in [-0.4, -0.2) is 35.1 Å². The van der Waals surface area contributed by atoms with Gasteiger partial charge in [-0.3, -0.25) is 9.59 Å². The number of carboxylic acids is 1. The van der Waals surface area contributed by atoms with Crippen molar-refractivity contribution in [1.82, 2.24) is 10.3 Å². The molecule has 36 heavy (non-hydrogen) atoms. The number of rotatable bonds is 10. The third-order valence-corrected chi connectivity index (χ3v) is 7.11. The molecule has 6 nitrogen and oxygen atoms in total. The molecule has 0 radical (unpaired) electrons. The van der Waals surface area contributed by atoms with Crippen LogP contribution in [0.15, 0.2) is 48.7 Å². The average Bonchev–Trinajstić information content (AvgIpc) is 3.05. The molecule has 1 amide bonds. The van der Waals surface area contributed by atoms with Crippen LogP contribution in [0, 0.1) is 5.92 Å². The van der Waals surface area contributed by atoms with Gasteiger partial charge in [0.2, 0.25) is 5.91 Å². The van der Waals surface area contributed by atoms with E-state index in [-0.39, 0.29) is 18.4 Å². The Labute approximate surface area is 214 Å². The Hall–Kier alpha value is -3.28. The van der Waals surface area contributed by atoms with Crippen LogP contribution in [0.3, 0.4) is 0 Å². The number of aryl methyl sites for hydroxylation is 1. The first-order chi connectivity index (χ1) is 17.4. The van der Waals surface area contributed by atoms with Crippen molar-refractivity contribution in [2.45, 2.75) is 71.3 Å². The number of aliphatic carboxylic acids is 1. The number of amides is 1. The normalized spacial score (nSPS) is 15.1. The van der Waals surface area contributed by atoms with Gasteiger partial charge >= 0.3 is 5.97 Å². The second-order valence-corrected chi connectivity index (χ2v) is 10.5. The molecule has 4 rings (SSSR count). The van der Waals surface area contributed by atoms with Gasteiger partial charge in [-0.05, 0) is 66.5 Å². The number of nitrogens with zero attached hydrogens (tertiary/aromatic N) is 1. The van der Waals surface area contributed by atoms with Gasteiger partial charge in [0.15, 0.2) is 0 Å². The van der Waals surface area contributed by atoms with Gasteiger partial charge in [0, 0.05) is 42.3 Å². The standard InChI is InChI=1S/C30H39N3O3/c1-21(2)17-27(24-9-5-6-10-28(24)33-15-7-3-4-8-16-33)32-29(34)19-22-11-13-26-25(18-22)23(20-31-26)12-14-30(35)36/h5-6,9-11,13,18,20-21,27,31H,3-4,7-8,12,14-17,19H2,1-2H3,(H,32,34)(H,35,36). The maximum atomic E-state index is 13.3. The highest BCUT2D eigenvalue weighted by atomic mass is 16.4. The number of fused-ring (bicyclic) bond motifs is 1. The molecule has 0 aliphatic carbocycles. The Morgan fingerprint density at radius 3 is 2.53 bits per heavy atom. The molecule has 1 aromatic heterocycles. The largest absolute Gasteiger partial charge is 0.481 e. The molecule has 1 aliphatic heterocycles. The minimum absolute atomic E-state index is 0.00768. The number of nitrogens with one attached hydrogen (secondary N) is 2. The van der Waals surface area contributed by atoms with Crippen molar-refractivity contribution < 1.29 is 14.7 Å². The van der Waals surface area contributed by atoms with Crippen LogP contribution in [-0.2, 0) is 22.4 Å². The third-order valence-electron chi connectivity index (χ3n) is 7.11. The molecule has 1 saturated heterocycles. The molecule has 0 bridgehead atoms. The van der Waals surface area contributed by atoms with Crippen molar-refractivity contribution in [3.63, 3.8) is 0 Å². The number of carbonyl (C=O) groups excluding carboxylic acids is 1. The lowest BCUT2D eigenvalue weighted by molar-refractivity contribution is -0.137. The molecule has 2 heterocycles. The molecule has 1 fully saturated rings. The van der Waals surface area contributed by atoms with Crippen molar-refractivity contribution in [2.24, 2.45) is 5.92 Å². The van der Waals surface area contributed by atoms with E-state index in [0.717, 1.165) is 41.5 Å². The van der Waals surface area contributed by atoms with Crippen molar-refractivity contribution in [3.05, 3.63) is 65.4 Å². The molecule has 1 aliphatic rings. The number of benzene rings is 2. The smallest absolute Gasteiger partial charge is 0.303 e. The quantitative estimate of drug-likeness (QED) is 0.325. The van der Waals surface area contributed by atoms with Crippen LogP contribution in [0.2, 0.25) is 0 Å². The summed E-state index contributed by atoms with van der Waals surface area (Å²) >= 11 is 0. The first-order valence-electron chi connectivity index (χ1n) is 13.3. The van der Waals surface area contributed by atoms with Crippen molar-refractivity contribution >= 4 is 28.5 Å². The summed E-state index contributed by atoms with van der Waals surface area (Å²) in [6, 6.07) is 14.5. The molecule has 2 aromatic carbocycles. The van der Waals surface area contributed by atoms with E-state index in [1.165, 1.54) is 36.9 Å². The summed E-state index contributed by atoms with van der Waals surface area (Å²) in [5.74, 6) is -0.356. The lowest BCUT2D eigenvalue weighted by Crippen LogP contribution is -2.33. The van der Waals surface area contributed by atoms with Crippen molar-refractivity contribution in [2.75, 3.05) is 18.0 Å². The number of carboxylic acid groups (broad SMARTS) is 1. The summed E-state index contributed by atoms with van der Waals surface area (Å²) in [5.41, 5.74) is 5.32. The maximum absolute atomic E-state index is 13.3. The van der Waals surface area contributed by atoms with Crippen molar-refractivity contribution in [1.29, 1.82) is 0 Å². The third kappa shape index (κ3) is 6.68. The van der Waals surface area contributed by atoms with Gasteiger partial charge in [0.1, 0.15) is 0 Å². The minimum Gasteiger partial charge on any atom is -0.481 e. The predicted molar refractivity (Wildman–Crippen MR) is 145 cm³/mol. The van der Waals surface area contributed by atoms with E-state index in [1.807, 2.05) is 24.4 Å². The fraction of sp³-hybridized carbons (Fsp3) is 0.467. The van der Waals surface area contributed by atoms with E-state index in [2.05, 4.69) is 53.3 Å². The van der Waals surface area contributed by atoms with Gasteiger partial charge in [0.25, 0.3) is 0 Å². The number of para-hydroxylation sites is 1. The van der Waals surface area contributed by atoms with Crippen molar-refractivity contribution in [3.8, 4) is 0 Å². The number of H-pyrrole nitrogens is 1. The van der Waals surface area contributed by atoms with Crippen LogP contribution in [0.4, 0.5) is 5.69 Å². The molecule has 6 heteroatoms. The van der Waals surface area contributed by atoms with Crippen LogP contribution < -0.4 is 10.2 Å². The second kappa shape index (κ2) is 12.1. The topological polar surface area (TPSA) is 85.4 Å². The summed E-state index contributed by atoms with van der Waals surface area (Å²) in [6.45, 7) is 6.54. The second-order valence-electron chi connectivity index (χ2n) is 10.5. The van der Waals surface area contributed by atoms with Crippen LogP contribution in [0.25, 0.3) is 10.9 Å². The van der Waals surface area contributed by atoms with Crippen LogP contribution in [0.1, 0.15) is 75.1 Å². The number of aromatic amines is 1. The zero-order valence-corrected chi connectivity index (χ0v) is 21.6. The average molecular weight is 490 g/mol. The molecular formula is C30H39N3O3. The van der Waals surface area contributed by atoms with Gasteiger partial charge in [-0.2, -0.15) is 0 Å². The summed E-state index contributed by atoms with van der Waals surface area (Å²) in [6.07, 6.45) is 8.60. The Kier molecular flexibility index (Phi) is 8.68. The molecule has 1 unspecified atom stereocenters. The summed E-state index contributed by atoms with van der Waals surface area (Å²) in [7, 11) is 0. The highest BCUT2D eigenvalue weighted by Gasteiger charge is 2.22. The molecule has 1 atom stereocenters. The predicted octanol–water partition coefficient (Wildman–Crippen LogP) is 6.01. The number of carbonyl (C=O) groups is 2. The van der Waals surface area contributed by atoms with Gasteiger partial charge in [-0.25, -0.2) is 0 Å². The monoisotopic (exact) mass is 489 g/mol. The molecule has 0 spiro atoms. The van der Waals surface area contributed by atoms with Gasteiger partial charge in [0.05, 0.1) is 12.5 Å². The summed E-state index contributed by atoms with van der Waals surface area (Å²) in [4.78, 5) is 30.0. The first-order valence-corrected chi connectivity index (χ1v) is 13.3. The minimum atomic E-state index is -0.809. The Balaban J connectivity index is 1.52. The number of aromatic nitrogens is 1. The van der Waals surface area contributed by atoms with Gasteiger partial charge in [-0.15, -0.1) is 0 Å². The summed E-state index contributed by atoms with van der Waals surface area (Å²) < 4.78 is 0. The lowest BCUT2D eigenvalue weighted by atomic mass is 9.94. The van der Waals surface area contributed by atoms with E-state index in [4.69, 9.17) is 5.11 Å². The number of anilines is 1. The van der Waals surface area contributed by atoms with E-state index in [0.29, 0.717) is 18.8 Å². The first kappa shape index (κ1) is 25.8. The summed E-state index contributed by atoms with van der Waals surface area (Å²) in [5, 5.41) is 13.4. The van der Waals surface area contributed by atoms with Gasteiger partial charge in [-0.1, -0.05) is 51.0 Å². The number of hydrogen-bond acceptors (Lipinski definition) is 3. The Morgan fingerprint density at radius 1 is 1.06 bits per heavy atom. The Bertz CT molecular complexity index is 1180.